The minimum absolute atomic E-state index is 0.669. The Kier molecular flexibility index (Phi) is 7.02. The van der Waals surface area contributed by atoms with E-state index in [0.29, 0.717) is 17.5 Å². The van der Waals surface area contributed by atoms with E-state index in [2.05, 4.69) is 34.5 Å². The maximum atomic E-state index is 4.60. The predicted octanol–water partition coefficient (Wildman–Crippen LogP) is 4.70. The van der Waals surface area contributed by atoms with Gasteiger partial charge in [-0.15, -0.1) is 0 Å². The first-order chi connectivity index (χ1) is 10.2. The minimum Gasteiger partial charge on any atom is -0.213 e. The van der Waals surface area contributed by atoms with Crippen molar-refractivity contribution in [2.45, 2.75) is 34.1 Å². The summed E-state index contributed by atoms with van der Waals surface area (Å²) in [5.74, 6) is 2.08. The molecule has 0 spiro atoms. The Morgan fingerprint density at radius 1 is 1.00 bits per heavy atom. The lowest BCUT2D eigenvalue weighted by Gasteiger charge is -2.06. The SMILES string of the molecule is C=C/C=C(\C=C/C)c1nc(C)nc(C(=CCC)/C=C\C)n1. The van der Waals surface area contributed by atoms with Crippen LogP contribution in [0.25, 0.3) is 11.1 Å². The fraction of sp³-hybridized carbons (Fsp3) is 0.278. The van der Waals surface area contributed by atoms with E-state index >= 15 is 0 Å². The van der Waals surface area contributed by atoms with Crippen LogP contribution in [0, 0.1) is 6.92 Å². The van der Waals surface area contributed by atoms with Gasteiger partial charge in [-0.25, -0.2) is 15.0 Å². The van der Waals surface area contributed by atoms with Crippen LogP contribution in [0.15, 0.2) is 49.1 Å². The molecule has 0 atom stereocenters. The van der Waals surface area contributed by atoms with E-state index in [-0.39, 0.29) is 0 Å². The van der Waals surface area contributed by atoms with Crippen molar-refractivity contribution in [3.05, 3.63) is 66.6 Å². The number of hydrogen-bond acceptors (Lipinski definition) is 3. The fourth-order valence-electron chi connectivity index (χ4n) is 1.88. The van der Waals surface area contributed by atoms with Gasteiger partial charge in [-0.1, -0.05) is 56.0 Å². The van der Waals surface area contributed by atoms with Crippen LogP contribution in [0.1, 0.15) is 44.7 Å². The highest BCUT2D eigenvalue weighted by molar-refractivity contribution is 5.73. The second-order valence-corrected chi connectivity index (χ2v) is 4.46. The third kappa shape index (κ3) is 4.95. The number of allylic oxidation sites excluding steroid dienone is 9. The third-order valence-electron chi connectivity index (χ3n) is 2.68. The Morgan fingerprint density at radius 3 is 2.10 bits per heavy atom. The molecule has 0 saturated carbocycles. The zero-order chi connectivity index (χ0) is 15.7. The van der Waals surface area contributed by atoms with Gasteiger partial charge in [-0.2, -0.15) is 0 Å². The third-order valence-corrected chi connectivity index (χ3v) is 2.68. The van der Waals surface area contributed by atoms with E-state index in [9.17, 15) is 0 Å². The van der Waals surface area contributed by atoms with Gasteiger partial charge in [0.25, 0.3) is 0 Å². The molecule has 110 valence electrons. The lowest BCUT2D eigenvalue weighted by molar-refractivity contribution is 0.933. The minimum atomic E-state index is 0.669. The van der Waals surface area contributed by atoms with Crippen LogP contribution in [0.2, 0.25) is 0 Å². The van der Waals surface area contributed by atoms with Crippen molar-refractivity contribution in [3.63, 3.8) is 0 Å². The summed E-state index contributed by atoms with van der Waals surface area (Å²) >= 11 is 0. The molecule has 21 heavy (non-hydrogen) atoms. The molecule has 0 unspecified atom stereocenters. The van der Waals surface area contributed by atoms with Crippen LogP contribution in [0.5, 0.6) is 0 Å². The molecular formula is C18H23N3. The van der Waals surface area contributed by atoms with Gasteiger partial charge in [0.1, 0.15) is 5.82 Å². The van der Waals surface area contributed by atoms with Crippen molar-refractivity contribution >= 4 is 11.1 Å². The van der Waals surface area contributed by atoms with E-state index < -0.39 is 0 Å². The number of aromatic nitrogens is 3. The van der Waals surface area contributed by atoms with Gasteiger partial charge >= 0.3 is 0 Å². The molecule has 3 nitrogen and oxygen atoms in total. The maximum Gasteiger partial charge on any atom is 0.163 e. The Morgan fingerprint density at radius 2 is 1.57 bits per heavy atom. The molecule has 1 aromatic rings. The van der Waals surface area contributed by atoms with Gasteiger partial charge in [0.15, 0.2) is 11.6 Å². The molecule has 0 aliphatic heterocycles. The molecule has 0 bridgehead atoms. The van der Waals surface area contributed by atoms with Crippen molar-refractivity contribution in [1.82, 2.24) is 15.0 Å². The molecule has 3 heteroatoms. The Labute approximate surface area is 127 Å². The number of nitrogens with zero attached hydrogens (tertiary/aromatic N) is 3. The predicted molar refractivity (Wildman–Crippen MR) is 90.6 cm³/mol. The van der Waals surface area contributed by atoms with Crippen LogP contribution < -0.4 is 0 Å². The molecule has 0 radical (unpaired) electrons. The quantitative estimate of drug-likeness (QED) is 0.710. The van der Waals surface area contributed by atoms with Crippen molar-refractivity contribution in [1.29, 1.82) is 0 Å². The van der Waals surface area contributed by atoms with E-state index in [1.807, 2.05) is 51.2 Å². The molecule has 0 aliphatic rings. The smallest absolute Gasteiger partial charge is 0.163 e. The van der Waals surface area contributed by atoms with Gasteiger partial charge in [-0.3, -0.25) is 0 Å². The average molecular weight is 281 g/mol. The van der Waals surface area contributed by atoms with Crippen molar-refractivity contribution in [3.8, 4) is 0 Å². The second-order valence-electron chi connectivity index (χ2n) is 4.46. The fourth-order valence-corrected chi connectivity index (χ4v) is 1.88. The molecular weight excluding hydrogens is 258 g/mol. The summed E-state index contributed by atoms with van der Waals surface area (Å²) < 4.78 is 0. The number of rotatable bonds is 6. The van der Waals surface area contributed by atoms with Crippen molar-refractivity contribution < 1.29 is 0 Å². The maximum absolute atomic E-state index is 4.60. The van der Waals surface area contributed by atoms with Crippen molar-refractivity contribution in [2.24, 2.45) is 0 Å². The first-order valence-corrected chi connectivity index (χ1v) is 7.17. The Hall–Kier alpha value is -2.29. The van der Waals surface area contributed by atoms with Crippen LogP contribution in [0.3, 0.4) is 0 Å². The Bertz CT molecular complexity index is 605. The molecule has 1 aromatic heterocycles. The van der Waals surface area contributed by atoms with Crippen LogP contribution >= 0.6 is 0 Å². The highest BCUT2D eigenvalue weighted by Gasteiger charge is 2.08. The van der Waals surface area contributed by atoms with Gasteiger partial charge in [0.2, 0.25) is 0 Å². The molecule has 0 N–H and O–H groups in total. The summed E-state index contributed by atoms with van der Waals surface area (Å²) in [7, 11) is 0. The zero-order valence-electron chi connectivity index (χ0n) is 13.3. The molecule has 1 rings (SSSR count). The highest BCUT2D eigenvalue weighted by atomic mass is 15.0. The summed E-state index contributed by atoms with van der Waals surface area (Å²) in [6, 6.07) is 0. The summed E-state index contributed by atoms with van der Waals surface area (Å²) in [5, 5.41) is 0. The summed E-state index contributed by atoms with van der Waals surface area (Å²) in [5.41, 5.74) is 1.95. The first kappa shape index (κ1) is 16.8. The highest BCUT2D eigenvalue weighted by Crippen LogP contribution is 2.17. The monoisotopic (exact) mass is 281 g/mol. The van der Waals surface area contributed by atoms with Gasteiger partial charge < -0.3 is 0 Å². The molecule has 0 aliphatic carbocycles. The van der Waals surface area contributed by atoms with E-state index in [0.717, 1.165) is 17.6 Å². The lowest BCUT2D eigenvalue weighted by atomic mass is 10.1. The zero-order valence-corrected chi connectivity index (χ0v) is 13.3. The van der Waals surface area contributed by atoms with Gasteiger partial charge in [-0.05, 0) is 27.2 Å². The summed E-state index contributed by atoms with van der Waals surface area (Å²) in [6.07, 6.45) is 14.6. The normalized spacial score (nSPS) is 13.3. The van der Waals surface area contributed by atoms with Gasteiger partial charge in [0.05, 0.1) is 0 Å². The molecule has 0 saturated heterocycles. The van der Waals surface area contributed by atoms with Crippen LogP contribution in [-0.4, -0.2) is 15.0 Å². The Balaban J connectivity index is 3.42. The van der Waals surface area contributed by atoms with Crippen molar-refractivity contribution in [2.75, 3.05) is 0 Å². The largest absolute Gasteiger partial charge is 0.213 e. The van der Waals surface area contributed by atoms with Crippen LogP contribution in [0.4, 0.5) is 0 Å². The molecule has 0 fully saturated rings. The second kappa shape index (κ2) is 8.80. The van der Waals surface area contributed by atoms with E-state index in [1.165, 1.54) is 0 Å². The standard InChI is InChI=1S/C18H23N3/c1-6-10-15(11-7-2)17-19-14(5)20-18(21-17)16(12-8-3)13-9-4/h6-8,10-13H,1,9H2,2-5H3/b11-7-,12-8-,15-10+,16-13?. The lowest BCUT2D eigenvalue weighted by Crippen LogP contribution is -2.04. The molecule has 0 amide bonds. The van der Waals surface area contributed by atoms with E-state index in [1.54, 1.807) is 6.08 Å². The van der Waals surface area contributed by atoms with Crippen LogP contribution in [-0.2, 0) is 0 Å². The molecule has 1 heterocycles. The van der Waals surface area contributed by atoms with E-state index in [4.69, 9.17) is 0 Å². The topological polar surface area (TPSA) is 38.7 Å². The molecule has 0 aromatic carbocycles. The number of aryl methyl sites for hydroxylation is 1. The van der Waals surface area contributed by atoms with Gasteiger partial charge in [0, 0.05) is 11.1 Å². The first-order valence-electron chi connectivity index (χ1n) is 7.17. The summed E-state index contributed by atoms with van der Waals surface area (Å²) in [4.78, 5) is 13.5. The summed E-state index contributed by atoms with van der Waals surface area (Å²) in [6.45, 7) is 11.7. The number of hydrogen-bond donors (Lipinski definition) is 0. The average Bonchev–Trinajstić information content (AvgIpc) is 2.46.